The van der Waals surface area contributed by atoms with Crippen molar-refractivity contribution in [2.75, 3.05) is 20.1 Å². The summed E-state index contributed by atoms with van der Waals surface area (Å²) in [7, 11) is 1.99. The van der Waals surface area contributed by atoms with Crippen molar-refractivity contribution in [3.05, 3.63) is 36.0 Å². The van der Waals surface area contributed by atoms with Crippen molar-refractivity contribution in [2.45, 2.75) is 13.0 Å². The predicted octanol–water partition coefficient (Wildman–Crippen LogP) is 1.87. The summed E-state index contributed by atoms with van der Waals surface area (Å²) in [5.74, 6) is 0. The molecule has 3 N–H and O–H groups in total. The fraction of sp³-hybridized carbons (Fsp3) is 0.385. The van der Waals surface area contributed by atoms with Crippen molar-refractivity contribution in [3.63, 3.8) is 0 Å². The fourth-order valence-corrected chi connectivity index (χ4v) is 1.84. The van der Waals surface area contributed by atoms with Gasteiger partial charge >= 0.3 is 0 Å². The molecule has 0 aliphatic rings. The molecule has 1 aromatic carbocycles. The van der Waals surface area contributed by atoms with E-state index in [9.17, 15) is 0 Å². The molecule has 2 rings (SSSR count). The van der Waals surface area contributed by atoms with Gasteiger partial charge in [0.15, 0.2) is 0 Å². The van der Waals surface area contributed by atoms with E-state index >= 15 is 0 Å². The minimum absolute atomic E-state index is 0.949. The van der Waals surface area contributed by atoms with E-state index in [-0.39, 0.29) is 0 Å². The monoisotopic (exact) mass is 217 g/mol. The summed E-state index contributed by atoms with van der Waals surface area (Å²) in [5.41, 5.74) is 2.55. The molecule has 0 saturated heterocycles. The second-order valence-corrected chi connectivity index (χ2v) is 4.03. The van der Waals surface area contributed by atoms with Crippen molar-refractivity contribution in [2.24, 2.45) is 0 Å². The average Bonchev–Trinajstić information content (AvgIpc) is 2.76. The first-order valence-electron chi connectivity index (χ1n) is 5.81. The lowest BCUT2D eigenvalue weighted by atomic mass is 10.1. The Morgan fingerprint density at radius 2 is 2.12 bits per heavy atom. The first-order valence-corrected chi connectivity index (χ1v) is 5.81. The van der Waals surface area contributed by atoms with Crippen LogP contribution >= 0.6 is 0 Å². The Kier molecular flexibility index (Phi) is 3.97. The van der Waals surface area contributed by atoms with Gasteiger partial charge in [-0.2, -0.15) is 0 Å². The molecule has 0 bridgehead atoms. The Bertz CT molecular complexity index is 433. The Morgan fingerprint density at radius 3 is 3.00 bits per heavy atom. The molecule has 0 unspecified atom stereocenters. The van der Waals surface area contributed by atoms with Crippen molar-refractivity contribution in [3.8, 4) is 0 Å². The maximum absolute atomic E-state index is 3.44. The van der Waals surface area contributed by atoms with Gasteiger partial charge in [0.05, 0.1) is 0 Å². The van der Waals surface area contributed by atoms with Crippen LogP contribution in [0.25, 0.3) is 10.9 Å². The second kappa shape index (κ2) is 5.68. The van der Waals surface area contributed by atoms with Crippen molar-refractivity contribution < 1.29 is 0 Å². The number of fused-ring (bicyclic) bond motifs is 1. The summed E-state index contributed by atoms with van der Waals surface area (Å²) in [6, 6.07) is 8.65. The summed E-state index contributed by atoms with van der Waals surface area (Å²) in [5, 5.41) is 7.87. The number of benzene rings is 1. The number of nitrogens with one attached hydrogen (secondary N) is 3. The molecule has 3 heteroatoms. The highest BCUT2D eigenvalue weighted by molar-refractivity contribution is 5.79. The van der Waals surface area contributed by atoms with Crippen LogP contribution in [0.4, 0.5) is 0 Å². The number of rotatable bonds is 6. The highest BCUT2D eigenvalue weighted by Gasteiger charge is 1.96. The van der Waals surface area contributed by atoms with Gasteiger partial charge in [-0.3, -0.25) is 0 Å². The normalized spacial score (nSPS) is 11.1. The number of aromatic nitrogens is 1. The van der Waals surface area contributed by atoms with Gasteiger partial charge in [0.1, 0.15) is 0 Å². The maximum Gasteiger partial charge on any atom is 0.0454 e. The predicted molar refractivity (Wildman–Crippen MR) is 68.5 cm³/mol. The van der Waals surface area contributed by atoms with Gasteiger partial charge in [-0.15, -0.1) is 0 Å². The largest absolute Gasteiger partial charge is 0.361 e. The van der Waals surface area contributed by atoms with Crippen LogP contribution in [-0.2, 0) is 6.54 Å². The first-order chi connectivity index (χ1) is 7.90. The van der Waals surface area contributed by atoms with E-state index in [1.165, 1.54) is 22.9 Å². The lowest BCUT2D eigenvalue weighted by molar-refractivity contribution is 0.625. The summed E-state index contributed by atoms with van der Waals surface area (Å²) in [6.07, 6.45) is 3.15. The minimum Gasteiger partial charge on any atom is -0.361 e. The molecular weight excluding hydrogens is 198 g/mol. The number of hydrogen-bond acceptors (Lipinski definition) is 2. The molecule has 0 spiro atoms. The van der Waals surface area contributed by atoms with E-state index in [1.807, 2.05) is 13.2 Å². The van der Waals surface area contributed by atoms with Crippen LogP contribution in [0.1, 0.15) is 12.0 Å². The smallest absolute Gasteiger partial charge is 0.0454 e. The van der Waals surface area contributed by atoms with Crippen LogP contribution in [0.2, 0.25) is 0 Å². The molecule has 3 nitrogen and oxygen atoms in total. The first kappa shape index (κ1) is 11.2. The summed E-state index contributed by atoms with van der Waals surface area (Å²) in [4.78, 5) is 3.20. The standard InChI is InChI=1S/C13H19N3/c1-14-6-2-7-15-10-11-3-4-13-12(9-11)5-8-16-13/h3-5,8-9,14-16H,2,6-7,10H2,1H3. The van der Waals surface area contributed by atoms with Crippen LogP contribution in [-0.4, -0.2) is 25.1 Å². The number of H-pyrrole nitrogens is 1. The van der Waals surface area contributed by atoms with Crippen molar-refractivity contribution in [1.82, 2.24) is 15.6 Å². The topological polar surface area (TPSA) is 39.8 Å². The lowest BCUT2D eigenvalue weighted by Crippen LogP contribution is -2.19. The van der Waals surface area contributed by atoms with Gasteiger partial charge in [0, 0.05) is 18.3 Å². The molecule has 0 amide bonds. The minimum atomic E-state index is 0.949. The zero-order valence-corrected chi connectivity index (χ0v) is 9.72. The zero-order chi connectivity index (χ0) is 11.2. The third-order valence-electron chi connectivity index (χ3n) is 2.73. The molecule has 0 radical (unpaired) electrons. The molecule has 0 aliphatic heterocycles. The highest BCUT2D eigenvalue weighted by atomic mass is 14.9. The number of hydrogen-bond donors (Lipinski definition) is 3. The molecular formula is C13H19N3. The molecule has 16 heavy (non-hydrogen) atoms. The quantitative estimate of drug-likeness (QED) is 0.646. The molecule has 86 valence electrons. The van der Waals surface area contributed by atoms with Crippen LogP contribution in [0, 0.1) is 0 Å². The van der Waals surface area contributed by atoms with Crippen LogP contribution in [0.3, 0.4) is 0 Å². The molecule has 1 aromatic heterocycles. The van der Waals surface area contributed by atoms with Gasteiger partial charge in [0.25, 0.3) is 0 Å². The summed E-state index contributed by atoms with van der Waals surface area (Å²) >= 11 is 0. The average molecular weight is 217 g/mol. The van der Waals surface area contributed by atoms with Crippen molar-refractivity contribution in [1.29, 1.82) is 0 Å². The van der Waals surface area contributed by atoms with E-state index in [4.69, 9.17) is 0 Å². The Hall–Kier alpha value is -1.32. The van der Waals surface area contributed by atoms with Gasteiger partial charge in [-0.1, -0.05) is 6.07 Å². The van der Waals surface area contributed by atoms with E-state index in [0.717, 1.165) is 19.6 Å². The van der Waals surface area contributed by atoms with Crippen molar-refractivity contribution >= 4 is 10.9 Å². The van der Waals surface area contributed by atoms with Gasteiger partial charge in [-0.05, 0) is 55.7 Å². The fourth-order valence-electron chi connectivity index (χ4n) is 1.84. The lowest BCUT2D eigenvalue weighted by Gasteiger charge is -2.04. The second-order valence-electron chi connectivity index (χ2n) is 4.03. The summed E-state index contributed by atoms with van der Waals surface area (Å²) < 4.78 is 0. The third-order valence-corrected chi connectivity index (χ3v) is 2.73. The van der Waals surface area contributed by atoms with Gasteiger partial charge < -0.3 is 15.6 Å². The Morgan fingerprint density at radius 1 is 1.19 bits per heavy atom. The maximum atomic E-state index is 3.44. The van der Waals surface area contributed by atoms with Crippen LogP contribution in [0.5, 0.6) is 0 Å². The zero-order valence-electron chi connectivity index (χ0n) is 9.72. The molecule has 0 saturated carbocycles. The molecule has 0 fully saturated rings. The molecule has 2 aromatic rings. The van der Waals surface area contributed by atoms with E-state index in [0.29, 0.717) is 0 Å². The van der Waals surface area contributed by atoms with E-state index < -0.39 is 0 Å². The third kappa shape index (κ3) is 2.84. The number of aromatic amines is 1. The summed E-state index contributed by atoms with van der Waals surface area (Å²) in [6.45, 7) is 3.08. The van der Waals surface area contributed by atoms with Crippen LogP contribution in [0.15, 0.2) is 30.5 Å². The molecule has 0 aliphatic carbocycles. The highest BCUT2D eigenvalue weighted by Crippen LogP contribution is 2.13. The van der Waals surface area contributed by atoms with Gasteiger partial charge in [-0.25, -0.2) is 0 Å². The Balaban J connectivity index is 1.84. The van der Waals surface area contributed by atoms with Gasteiger partial charge in [0.2, 0.25) is 0 Å². The molecule has 1 heterocycles. The van der Waals surface area contributed by atoms with Crippen LogP contribution < -0.4 is 10.6 Å². The molecule has 0 atom stereocenters. The van der Waals surface area contributed by atoms with E-state index in [1.54, 1.807) is 0 Å². The Labute approximate surface area is 96.2 Å². The SMILES string of the molecule is CNCCCNCc1ccc2[nH]ccc2c1. The van der Waals surface area contributed by atoms with E-state index in [2.05, 4.69) is 39.9 Å².